The van der Waals surface area contributed by atoms with Crippen LogP contribution in [-0.4, -0.2) is 12.5 Å². The van der Waals surface area contributed by atoms with E-state index in [2.05, 4.69) is 15.9 Å². The van der Waals surface area contributed by atoms with Crippen LogP contribution in [0.5, 0.6) is 0 Å². The largest absolute Gasteiger partial charge is 0.397 e. The van der Waals surface area contributed by atoms with Crippen LogP contribution in [-0.2, 0) is 4.79 Å². The molecule has 78 valence electrons. The minimum absolute atomic E-state index is 0.0119. The van der Waals surface area contributed by atoms with Crippen LogP contribution in [0.3, 0.4) is 0 Å². The number of rotatable bonds is 1. The van der Waals surface area contributed by atoms with E-state index in [0.717, 1.165) is 0 Å². The van der Waals surface area contributed by atoms with Gasteiger partial charge in [0, 0.05) is 4.48 Å². The molecule has 1 aliphatic carbocycles. The molecule has 1 nitrogen and oxygen atoms in total. The van der Waals surface area contributed by atoms with Crippen molar-refractivity contribution in [2.24, 2.45) is 11.3 Å². The molecule has 0 spiro atoms. The number of carbonyl (C=O) groups is 1. The minimum Gasteiger partial charge on any atom is -0.302 e. The molecule has 0 radical (unpaired) electrons. The van der Waals surface area contributed by atoms with Crippen LogP contribution >= 0.6 is 15.9 Å². The lowest BCUT2D eigenvalue weighted by atomic mass is 9.75. The normalized spacial score (nSPS) is 32.6. The Morgan fingerprint density at radius 3 is 2.50 bits per heavy atom. The van der Waals surface area contributed by atoms with Gasteiger partial charge in [0.2, 0.25) is 0 Å². The van der Waals surface area contributed by atoms with Crippen molar-refractivity contribution >= 4 is 22.2 Å². The lowest BCUT2D eigenvalue weighted by Gasteiger charge is -2.33. The van der Waals surface area contributed by atoms with Gasteiger partial charge in [-0.15, -0.1) is 0 Å². The predicted octanol–water partition coefficient (Wildman–Crippen LogP) is 3.22. The van der Waals surface area contributed by atoms with Crippen molar-refractivity contribution in [2.75, 3.05) is 0 Å². The topological polar surface area (TPSA) is 17.1 Å². The van der Waals surface area contributed by atoms with Gasteiger partial charge >= 0.3 is 6.18 Å². The van der Waals surface area contributed by atoms with Crippen molar-refractivity contribution in [3.63, 3.8) is 0 Å². The highest BCUT2D eigenvalue weighted by Crippen LogP contribution is 2.48. The number of hydrogen-bond donors (Lipinski definition) is 0. The fourth-order valence-corrected chi connectivity index (χ4v) is 2.36. The van der Waals surface area contributed by atoms with Crippen molar-refractivity contribution in [1.29, 1.82) is 0 Å². The summed E-state index contributed by atoms with van der Waals surface area (Å²) in [6.45, 7) is 1.27. The average Bonchev–Trinajstić information content (AvgIpc) is 2.01. The van der Waals surface area contributed by atoms with Gasteiger partial charge in [-0.05, 0) is 6.92 Å². The molecule has 2 unspecified atom stereocenters. The van der Waals surface area contributed by atoms with Gasteiger partial charge in [-0.3, -0.25) is 0 Å². The van der Waals surface area contributed by atoms with Crippen molar-refractivity contribution in [3.8, 4) is 0 Å². The van der Waals surface area contributed by atoms with E-state index in [1.54, 1.807) is 0 Å². The maximum Gasteiger partial charge on any atom is 0.397 e. The summed E-state index contributed by atoms with van der Waals surface area (Å²) >= 11 is 2.84. The van der Waals surface area contributed by atoms with Gasteiger partial charge in [0.1, 0.15) is 12.2 Å². The molecule has 0 N–H and O–H groups in total. The molecule has 1 rings (SSSR count). The Morgan fingerprint density at radius 1 is 1.57 bits per heavy atom. The van der Waals surface area contributed by atoms with Crippen molar-refractivity contribution in [2.45, 2.75) is 13.1 Å². The number of aldehydes is 1. The third-order valence-corrected chi connectivity index (χ3v) is 2.91. The average molecular weight is 269 g/mol. The summed E-state index contributed by atoms with van der Waals surface area (Å²) in [4.78, 5) is 10.7. The molecule has 0 fully saturated rings. The smallest absolute Gasteiger partial charge is 0.302 e. The predicted molar refractivity (Wildman–Crippen MR) is 49.9 cm³/mol. The maximum absolute atomic E-state index is 12.6. The molecule has 0 amide bonds. The van der Waals surface area contributed by atoms with E-state index in [9.17, 15) is 18.0 Å². The fraction of sp³-hybridized carbons (Fsp3) is 0.444. The Kier molecular flexibility index (Phi) is 2.90. The lowest BCUT2D eigenvalue weighted by Crippen LogP contribution is -2.39. The minimum atomic E-state index is -4.42. The van der Waals surface area contributed by atoms with Crippen LogP contribution in [0.2, 0.25) is 0 Å². The Balaban J connectivity index is 3.17. The third-order valence-electron chi connectivity index (χ3n) is 2.19. The van der Waals surface area contributed by atoms with Crippen LogP contribution in [0, 0.1) is 11.3 Å². The van der Waals surface area contributed by atoms with Crippen LogP contribution in [0.15, 0.2) is 22.7 Å². The molecule has 0 saturated carbocycles. The second-order valence-electron chi connectivity index (χ2n) is 3.37. The molecule has 14 heavy (non-hydrogen) atoms. The number of alkyl halides is 3. The highest BCUT2D eigenvalue weighted by Gasteiger charge is 2.52. The van der Waals surface area contributed by atoms with Crippen molar-refractivity contribution in [1.82, 2.24) is 0 Å². The first kappa shape index (κ1) is 11.5. The molecule has 0 aromatic carbocycles. The first-order chi connectivity index (χ1) is 6.31. The zero-order chi connectivity index (χ0) is 11.0. The molecule has 0 heterocycles. The zero-order valence-electron chi connectivity index (χ0n) is 7.31. The number of hydrogen-bond acceptors (Lipinski definition) is 1. The number of halogens is 4. The van der Waals surface area contributed by atoms with Crippen LogP contribution in [0.25, 0.3) is 0 Å². The number of allylic oxidation sites excluding steroid dienone is 4. The summed E-state index contributed by atoms with van der Waals surface area (Å²) in [6, 6.07) is 0. The van der Waals surface area contributed by atoms with Crippen molar-refractivity contribution in [3.05, 3.63) is 22.7 Å². The first-order valence-corrected chi connectivity index (χ1v) is 4.68. The molecule has 1 aliphatic rings. The highest BCUT2D eigenvalue weighted by atomic mass is 79.9. The second kappa shape index (κ2) is 3.53. The SMILES string of the molecule is CC1(C=O)C=CC=C(Br)C1C(F)(F)F. The molecule has 0 aromatic rings. The summed E-state index contributed by atoms with van der Waals surface area (Å²) in [5, 5.41) is 0. The monoisotopic (exact) mass is 268 g/mol. The molecule has 5 heteroatoms. The number of carbonyl (C=O) groups excluding carboxylic acids is 1. The molecule has 0 aliphatic heterocycles. The van der Waals surface area contributed by atoms with Gasteiger partial charge in [-0.25, -0.2) is 0 Å². The van der Waals surface area contributed by atoms with Gasteiger partial charge in [0.05, 0.1) is 5.41 Å². The standard InChI is InChI=1S/C9H8BrF3O/c1-8(5-14)4-2-3-6(10)7(8)9(11,12)13/h2-5,7H,1H3. The van der Waals surface area contributed by atoms with E-state index in [-0.39, 0.29) is 4.48 Å². The zero-order valence-corrected chi connectivity index (χ0v) is 8.89. The first-order valence-electron chi connectivity index (χ1n) is 3.89. The Hall–Kier alpha value is -0.580. The summed E-state index contributed by atoms with van der Waals surface area (Å²) in [7, 11) is 0. The maximum atomic E-state index is 12.6. The molecule has 0 bridgehead atoms. The molecule has 0 saturated heterocycles. The second-order valence-corrected chi connectivity index (χ2v) is 4.28. The fourth-order valence-electron chi connectivity index (χ4n) is 1.45. The van der Waals surface area contributed by atoms with E-state index in [4.69, 9.17) is 0 Å². The molecule has 0 aromatic heterocycles. The lowest BCUT2D eigenvalue weighted by molar-refractivity contribution is -0.183. The van der Waals surface area contributed by atoms with Gasteiger partial charge in [0.15, 0.2) is 0 Å². The summed E-state index contributed by atoms with van der Waals surface area (Å²) < 4.78 is 37.8. The third kappa shape index (κ3) is 1.92. The van der Waals surface area contributed by atoms with Crippen LogP contribution in [0.4, 0.5) is 13.2 Å². The summed E-state index contributed by atoms with van der Waals surface area (Å²) in [6.07, 6.45) is -0.0707. The highest BCUT2D eigenvalue weighted by molar-refractivity contribution is 9.11. The van der Waals surface area contributed by atoms with Gasteiger partial charge in [-0.1, -0.05) is 34.2 Å². The summed E-state index contributed by atoms with van der Waals surface area (Å²) in [5.41, 5.74) is -1.51. The van der Waals surface area contributed by atoms with Gasteiger partial charge in [-0.2, -0.15) is 13.2 Å². The van der Waals surface area contributed by atoms with Gasteiger partial charge in [0.25, 0.3) is 0 Å². The molecular formula is C9H8BrF3O. The molecule has 2 atom stereocenters. The quantitative estimate of drug-likeness (QED) is 0.668. The van der Waals surface area contributed by atoms with E-state index in [1.165, 1.54) is 25.2 Å². The van der Waals surface area contributed by atoms with E-state index in [0.29, 0.717) is 6.29 Å². The van der Waals surface area contributed by atoms with E-state index < -0.39 is 17.5 Å². The van der Waals surface area contributed by atoms with E-state index in [1.807, 2.05) is 0 Å². The van der Waals surface area contributed by atoms with Gasteiger partial charge < -0.3 is 4.79 Å². The van der Waals surface area contributed by atoms with Crippen LogP contribution in [0.1, 0.15) is 6.92 Å². The Labute approximate surface area is 87.8 Å². The summed E-state index contributed by atoms with van der Waals surface area (Å²) in [5.74, 6) is -1.78. The molecular weight excluding hydrogens is 261 g/mol. The Bertz CT molecular complexity index is 306. The van der Waals surface area contributed by atoms with Crippen molar-refractivity contribution < 1.29 is 18.0 Å². The van der Waals surface area contributed by atoms with Crippen LogP contribution < -0.4 is 0 Å². The Morgan fingerprint density at radius 2 is 2.14 bits per heavy atom. The van der Waals surface area contributed by atoms with E-state index >= 15 is 0 Å².